The van der Waals surface area contributed by atoms with Crippen molar-refractivity contribution in [3.8, 4) is 11.1 Å². The molecule has 1 heterocycles. The Bertz CT molecular complexity index is 744. The van der Waals surface area contributed by atoms with E-state index in [1.807, 2.05) is 47.4 Å². The molecule has 0 aromatic heterocycles. The molecule has 2 aromatic carbocycles. The maximum absolute atomic E-state index is 12.8. The Kier molecular flexibility index (Phi) is 5.89. The van der Waals surface area contributed by atoms with Crippen LogP contribution in [0.2, 0.25) is 0 Å². The van der Waals surface area contributed by atoms with Crippen molar-refractivity contribution in [1.29, 1.82) is 0 Å². The van der Waals surface area contributed by atoms with E-state index >= 15 is 0 Å². The van der Waals surface area contributed by atoms with Gasteiger partial charge in [-0.2, -0.15) is 0 Å². The Hall–Kier alpha value is -2.82. The summed E-state index contributed by atoms with van der Waals surface area (Å²) in [7, 11) is 0. The van der Waals surface area contributed by atoms with Crippen LogP contribution in [-0.2, 0) is 4.74 Å². The molecule has 2 amide bonds. The Balaban J connectivity index is 1.65. The molecule has 5 heteroatoms. The first-order valence-electron chi connectivity index (χ1n) is 9.05. The van der Waals surface area contributed by atoms with Crippen LogP contribution in [0.1, 0.15) is 23.7 Å². The molecular weight excluding hydrogens is 328 g/mol. The minimum absolute atomic E-state index is 0.00956. The van der Waals surface area contributed by atoms with Crippen molar-refractivity contribution in [2.75, 3.05) is 32.8 Å². The Morgan fingerprint density at radius 2 is 1.46 bits per heavy atom. The fourth-order valence-corrected chi connectivity index (χ4v) is 3.14. The molecule has 0 spiro atoms. The van der Waals surface area contributed by atoms with Crippen molar-refractivity contribution in [2.24, 2.45) is 0 Å². The number of hydrogen-bond acceptors (Lipinski definition) is 3. The highest BCUT2D eigenvalue weighted by molar-refractivity contribution is 5.94. The summed E-state index contributed by atoms with van der Waals surface area (Å²) in [6.45, 7) is 4.46. The molecule has 1 aliphatic rings. The van der Waals surface area contributed by atoms with E-state index in [9.17, 15) is 9.59 Å². The number of benzene rings is 2. The average molecular weight is 352 g/mol. The summed E-state index contributed by atoms with van der Waals surface area (Å²) in [6, 6.07) is 17.8. The smallest absolute Gasteiger partial charge is 0.409 e. The van der Waals surface area contributed by atoms with E-state index in [0.29, 0.717) is 38.3 Å². The van der Waals surface area contributed by atoms with Crippen molar-refractivity contribution in [1.82, 2.24) is 9.80 Å². The van der Waals surface area contributed by atoms with Gasteiger partial charge in [0, 0.05) is 31.7 Å². The molecule has 0 unspecified atom stereocenters. The molecule has 1 fully saturated rings. The molecule has 136 valence electrons. The van der Waals surface area contributed by atoms with Crippen molar-refractivity contribution >= 4 is 12.0 Å². The first-order valence-corrected chi connectivity index (χ1v) is 9.05. The van der Waals surface area contributed by atoms with Crippen molar-refractivity contribution < 1.29 is 14.3 Å². The van der Waals surface area contributed by atoms with Crippen LogP contribution in [0.3, 0.4) is 0 Å². The predicted octanol–water partition coefficient (Wildman–Crippen LogP) is 3.66. The second-order valence-electron chi connectivity index (χ2n) is 6.28. The van der Waals surface area contributed by atoms with Crippen molar-refractivity contribution in [3.63, 3.8) is 0 Å². The molecular formula is C21H24N2O3. The van der Waals surface area contributed by atoms with Crippen LogP contribution in [0.4, 0.5) is 4.79 Å². The Labute approximate surface area is 154 Å². The van der Waals surface area contributed by atoms with Crippen LogP contribution in [0, 0.1) is 0 Å². The lowest BCUT2D eigenvalue weighted by molar-refractivity contribution is 0.0753. The molecule has 1 saturated heterocycles. The van der Waals surface area contributed by atoms with Gasteiger partial charge in [-0.1, -0.05) is 42.5 Å². The van der Waals surface area contributed by atoms with Gasteiger partial charge in [0.2, 0.25) is 0 Å². The number of carbonyl (C=O) groups is 2. The highest BCUT2D eigenvalue weighted by Gasteiger charge is 2.23. The van der Waals surface area contributed by atoms with Crippen LogP contribution in [-0.4, -0.2) is 54.6 Å². The van der Waals surface area contributed by atoms with Crippen LogP contribution >= 0.6 is 0 Å². The van der Waals surface area contributed by atoms with E-state index in [-0.39, 0.29) is 12.0 Å². The van der Waals surface area contributed by atoms with Gasteiger partial charge in [-0.15, -0.1) is 0 Å². The van der Waals surface area contributed by atoms with Gasteiger partial charge in [0.05, 0.1) is 6.61 Å². The maximum atomic E-state index is 12.8. The van der Waals surface area contributed by atoms with Gasteiger partial charge in [-0.25, -0.2) is 4.79 Å². The van der Waals surface area contributed by atoms with E-state index in [0.717, 1.165) is 17.5 Å². The zero-order valence-corrected chi connectivity index (χ0v) is 15.1. The van der Waals surface area contributed by atoms with E-state index in [1.54, 1.807) is 11.8 Å². The normalized spacial score (nSPS) is 14.7. The molecule has 0 N–H and O–H groups in total. The van der Waals surface area contributed by atoms with Gasteiger partial charge < -0.3 is 14.5 Å². The van der Waals surface area contributed by atoms with E-state index < -0.39 is 0 Å². The van der Waals surface area contributed by atoms with Gasteiger partial charge in [-0.05, 0) is 36.6 Å². The SMILES string of the molecule is CCOC(=O)N1CCCN(C(=O)c2ccc(-c3ccccc3)cc2)CC1. The number of hydrogen-bond donors (Lipinski definition) is 0. The highest BCUT2D eigenvalue weighted by atomic mass is 16.6. The predicted molar refractivity (Wildman–Crippen MR) is 101 cm³/mol. The third-order valence-corrected chi connectivity index (χ3v) is 4.55. The van der Waals surface area contributed by atoms with E-state index in [2.05, 4.69) is 12.1 Å². The summed E-state index contributed by atoms with van der Waals surface area (Å²) < 4.78 is 5.06. The monoisotopic (exact) mass is 352 g/mol. The van der Waals surface area contributed by atoms with Gasteiger partial charge in [0.15, 0.2) is 0 Å². The van der Waals surface area contributed by atoms with Gasteiger partial charge in [0.25, 0.3) is 5.91 Å². The molecule has 5 nitrogen and oxygen atoms in total. The van der Waals surface area contributed by atoms with Crippen molar-refractivity contribution in [2.45, 2.75) is 13.3 Å². The fourth-order valence-electron chi connectivity index (χ4n) is 3.14. The van der Waals surface area contributed by atoms with Crippen molar-refractivity contribution in [3.05, 3.63) is 60.2 Å². The first-order chi connectivity index (χ1) is 12.7. The van der Waals surface area contributed by atoms with Crippen LogP contribution < -0.4 is 0 Å². The second-order valence-corrected chi connectivity index (χ2v) is 6.28. The lowest BCUT2D eigenvalue weighted by Crippen LogP contribution is -2.37. The number of rotatable bonds is 3. The summed E-state index contributed by atoms with van der Waals surface area (Å²) in [5.41, 5.74) is 2.90. The maximum Gasteiger partial charge on any atom is 0.409 e. The minimum atomic E-state index is -0.297. The summed E-state index contributed by atoms with van der Waals surface area (Å²) in [6.07, 6.45) is 0.459. The Morgan fingerprint density at radius 3 is 2.15 bits per heavy atom. The van der Waals surface area contributed by atoms with Gasteiger partial charge in [0.1, 0.15) is 0 Å². The molecule has 0 aliphatic carbocycles. The third-order valence-electron chi connectivity index (χ3n) is 4.55. The molecule has 0 atom stereocenters. The van der Waals surface area contributed by atoms with E-state index in [4.69, 9.17) is 4.74 Å². The standard InChI is InChI=1S/C21H24N2O3/c1-2-26-21(25)23-14-6-13-22(15-16-23)20(24)19-11-9-18(10-12-19)17-7-4-3-5-8-17/h3-5,7-12H,2,6,13-16H2,1H3. The first kappa shape index (κ1) is 18.0. The van der Waals surface area contributed by atoms with Crippen LogP contribution in [0.25, 0.3) is 11.1 Å². The molecule has 3 rings (SSSR count). The summed E-state index contributed by atoms with van der Waals surface area (Å²) in [5, 5.41) is 0. The summed E-state index contributed by atoms with van der Waals surface area (Å²) >= 11 is 0. The Morgan fingerprint density at radius 1 is 0.846 bits per heavy atom. The zero-order valence-electron chi connectivity index (χ0n) is 15.1. The molecule has 1 aliphatic heterocycles. The number of nitrogens with zero attached hydrogens (tertiary/aromatic N) is 2. The number of ether oxygens (including phenoxy) is 1. The second kappa shape index (κ2) is 8.52. The number of carbonyl (C=O) groups excluding carboxylic acids is 2. The average Bonchev–Trinajstić information content (AvgIpc) is 2.95. The topological polar surface area (TPSA) is 49.9 Å². The lowest BCUT2D eigenvalue weighted by Gasteiger charge is -2.22. The fraction of sp³-hybridized carbons (Fsp3) is 0.333. The third kappa shape index (κ3) is 4.23. The molecule has 26 heavy (non-hydrogen) atoms. The lowest BCUT2D eigenvalue weighted by atomic mass is 10.0. The summed E-state index contributed by atoms with van der Waals surface area (Å²) in [5.74, 6) is 0.00956. The molecule has 0 saturated carbocycles. The molecule has 0 bridgehead atoms. The minimum Gasteiger partial charge on any atom is -0.450 e. The highest BCUT2D eigenvalue weighted by Crippen LogP contribution is 2.20. The van der Waals surface area contributed by atoms with Crippen LogP contribution in [0.5, 0.6) is 0 Å². The molecule has 2 aromatic rings. The van der Waals surface area contributed by atoms with Gasteiger partial charge >= 0.3 is 6.09 Å². The quantitative estimate of drug-likeness (QED) is 0.847. The largest absolute Gasteiger partial charge is 0.450 e. The van der Waals surface area contributed by atoms with Gasteiger partial charge in [-0.3, -0.25) is 4.79 Å². The number of amides is 2. The zero-order chi connectivity index (χ0) is 18.4. The summed E-state index contributed by atoms with van der Waals surface area (Å²) in [4.78, 5) is 28.2. The molecule has 0 radical (unpaired) electrons. The van der Waals surface area contributed by atoms with E-state index in [1.165, 1.54) is 0 Å². The van der Waals surface area contributed by atoms with Crippen LogP contribution in [0.15, 0.2) is 54.6 Å².